The van der Waals surface area contributed by atoms with Gasteiger partial charge in [0.25, 0.3) is 0 Å². The van der Waals surface area contributed by atoms with Crippen molar-refractivity contribution in [2.24, 2.45) is 0 Å². The molecule has 7 nitrogen and oxygen atoms in total. The molecule has 1 saturated carbocycles. The zero-order valence-corrected chi connectivity index (χ0v) is 17.5. The van der Waals surface area contributed by atoms with Crippen LogP contribution < -0.4 is 11.1 Å². The molecule has 4 rings (SSSR count). The number of benzene rings is 1. The first-order valence-corrected chi connectivity index (χ1v) is 11.7. The molecule has 30 heavy (non-hydrogen) atoms. The van der Waals surface area contributed by atoms with Crippen LogP contribution in [0.25, 0.3) is 11.1 Å². The number of rotatable bonds is 5. The monoisotopic (exact) mass is 421 g/mol. The molecule has 3 N–H and O–H groups in total. The molecule has 154 valence electrons. The molecule has 0 spiro atoms. The molecular weight excluding hydrogens is 398 g/mol. The topological polar surface area (TPSA) is 111 Å². The summed E-state index contributed by atoms with van der Waals surface area (Å²) in [5.74, 6) is 3.83. The van der Waals surface area contributed by atoms with E-state index in [1.165, 1.54) is 0 Å². The van der Waals surface area contributed by atoms with Gasteiger partial charge in [-0.3, -0.25) is 14.0 Å². The van der Waals surface area contributed by atoms with E-state index in [9.17, 15) is 9.00 Å². The fraction of sp³-hybridized carbons (Fsp3) is 0.227. The van der Waals surface area contributed by atoms with Gasteiger partial charge < -0.3 is 11.1 Å². The minimum atomic E-state index is -2.28. The molecule has 2 heterocycles. The summed E-state index contributed by atoms with van der Waals surface area (Å²) in [6, 6.07) is 10.8. The number of nitrogen functional groups attached to an aromatic ring is 1. The van der Waals surface area contributed by atoms with Crippen molar-refractivity contribution < 1.29 is 9.00 Å². The second-order valence-electron chi connectivity index (χ2n) is 7.68. The molecule has 1 unspecified atom stereocenters. The van der Waals surface area contributed by atoms with Crippen LogP contribution in [0.2, 0.25) is 0 Å². The Morgan fingerprint density at radius 3 is 2.17 bits per heavy atom. The first-order valence-electron chi connectivity index (χ1n) is 9.56. The van der Waals surface area contributed by atoms with Gasteiger partial charge in [-0.1, -0.05) is 12.5 Å². The average molecular weight is 422 g/mol. The van der Waals surface area contributed by atoms with E-state index in [4.69, 9.17) is 5.73 Å². The van der Waals surface area contributed by atoms with Crippen LogP contribution in [-0.2, 0) is 19.7 Å². The van der Waals surface area contributed by atoms with Crippen molar-refractivity contribution in [3.8, 4) is 11.1 Å². The third-order valence-electron chi connectivity index (χ3n) is 5.51. The summed E-state index contributed by atoms with van der Waals surface area (Å²) in [6.45, 7) is 0. The van der Waals surface area contributed by atoms with Gasteiger partial charge >= 0.3 is 0 Å². The highest BCUT2D eigenvalue weighted by Gasteiger charge is 2.46. The molecule has 2 aromatic heterocycles. The van der Waals surface area contributed by atoms with Crippen LogP contribution in [0.15, 0.2) is 59.9 Å². The van der Waals surface area contributed by atoms with Crippen molar-refractivity contribution >= 4 is 32.9 Å². The minimum Gasteiger partial charge on any atom is -0.368 e. The van der Waals surface area contributed by atoms with Gasteiger partial charge in [-0.25, -0.2) is 9.97 Å². The highest BCUT2D eigenvalue weighted by molar-refractivity contribution is 7.99. The van der Waals surface area contributed by atoms with Crippen molar-refractivity contribution in [3.63, 3.8) is 0 Å². The Bertz CT molecular complexity index is 1170. The van der Waals surface area contributed by atoms with Crippen molar-refractivity contribution in [2.45, 2.75) is 29.6 Å². The predicted molar refractivity (Wildman–Crippen MR) is 120 cm³/mol. The Morgan fingerprint density at radius 1 is 1.03 bits per heavy atom. The van der Waals surface area contributed by atoms with Crippen molar-refractivity contribution in [2.75, 3.05) is 17.3 Å². The molecule has 1 aliphatic rings. The molecule has 0 bridgehead atoms. The molecule has 1 amide bonds. The van der Waals surface area contributed by atoms with Crippen molar-refractivity contribution in [1.82, 2.24) is 15.0 Å². The summed E-state index contributed by atoms with van der Waals surface area (Å²) in [7, 11) is -2.28. The summed E-state index contributed by atoms with van der Waals surface area (Å²) >= 11 is 0. The highest BCUT2D eigenvalue weighted by Crippen LogP contribution is 2.44. The number of anilines is 2. The second kappa shape index (κ2) is 7.53. The Labute approximate surface area is 175 Å². The van der Waals surface area contributed by atoms with Gasteiger partial charge in [-0.15, -0.1) is 0 Å². The molecule has 1 aromatic carbocycles. The fourth-order valence-electron chi connectivity index (χ4n) is 3.54. The fourth-order valence-corrected chi connectivity index (χ4v) is 4.25. The van der Waals surface area contributed by atoms with Gasteiger partial charge in [0, 0.05) is 46.6 Å². The van der Waals surface area contributed by atoms with Crippen LogP contribution in [0.5, 0.6) is 0 Å². The van der Waals surface area contributed by atoms with Crippen molar-refractivity contribution in [1.29, 1.82) is 0 Å². The normalized spacial score (nSPS) is 16.8. The van der Waals surface area contributed by atoms with Crippen LogP contribution >= 0.6 is 0 Å². The maximum Gasteiger partial charge on any atom is 0.236 e. The number of nitrogens with zero attached hydrogens (tertiary/aromatic N) is 3. The Balaban J connectivity index is 1.54. The molecule has 0 aliphatic heterocycles. The molecule has 0 radical (unpaired) electrons. The van der Waals surface area contributed by atoms with Gasteiger partial charge in [-0.05, 0) is 58.6 Å². The lowest BCUT2D eigenvalue weighted by Gasteiger charge is -2.39. The van der Waals surface area contributed by atoms with Crippen LogP contribution in [0, 0.1) is 0 Å². The quantitative estimate of drug-likeness (QED) is 0.613. The number of carbonyl (C=O) groups excluding carboxylic acids is 1. The molecule has 1 atom stereocenters. The maximum atomic E-state index is 13.1. The number of aromatic nitrogens is 3. The minimum absolute atomic E-state index is 0.0792. The Kier molecular flexibility index (Phi) is 5.03. The molecule has 1 fully saturated rings. The predicted octanol–water partition coefficient (Wildman–Crippen LogP) is 2.89. The first-order chi connectivity index (χ1) is 14.3. The smallest absolute Gasteiger partial charge is 0.236 e. The summed E-state index contributed by atoms with van der Waals surface area (Å²) < 4.78 is 12.0. The molecular formula is C22H23N5O2S. The average Bonchev–Trinajstić information content (AvgIpc) is 2.68. The number of pyridine rings is 1. The summed E-state index contributed by atoms with van der Waals surface area (Å²) in [6.07, 6.45) is 9.09. The highest BCUT2D eigenvalue weighted by atomic mass is 32.2. The number of hydrogen-bond donors (Lipinski definition) is 2. The largest absolute Gasteiger partial charge is 0.368 e. The van der Waals surface area contributed by atoms with Crippen LogP contribution in [0.1, 0.15) is 25.0 Å². The van der Waals surface area contributed by atoms with Gasteiger partial charge in [-0.2, -0.15) is 0 Å². The van der Waals surface area contributed by atoms with Crippen LogP contribution in [0.4, 0.5) is 11.6 Å². The third-order valence-corrected chi connectivity index (χ3v) is 6.78. The number of nitrogens with two attached hydrogens (primary N) is 1. The van der Waals surface area contributed by atoms with E-state index in [1.54, 1.807) is 49.1 Å². The Morgan fingerprint density at radius 2 is 1.67 bits per heavy atom. The number of amides is 1. The van der Waals surface area contributed by atoms with Crippen LogP contribution in [0.3, 0.4) is 0 Å². The summed E-state index contributed by atoms with van der Waals surface area (Å²) in [5, 5.41) is 2.99. The summed E-state index contributed by atoms with van der Waals surface area (Å²) in [4.78, 5) is 26.4. The number of nitrogens with one attached hydrogen (secondary N) is 1. The zero-order chi connectivity index (χ0) is 21.4. The van der Waals surface area contributed by atoms with E-state index in [0.717, 1.165) is 36.1 Å². The van der Waals surface area contributed by atoms with Gasteiger partial charge in [0.1, 0.15) is 0 Å². The molecule has 0 saturated heterocycles. The van der Waals surface area contributed by atoms with Gasteiger partial charge in [0.05, 0.1) is 11.1 Å². The SMILES string of the molecule is C=S(C)(=O)c1ccc(NC(=O)C2(c3ccc(-c4cnc(N)nc4)cn3)CCC2)cc1. The Hall–Kier alpha value is -3.26. The van der Waals surface area contributed by atoms with Crippen molar-refractivity contribution in [3.05, 3.63) is 60.7 Å². The third kappa shape index (κ3) is 3.78. The lowest BCUT2D eigenvalue weighted by molar-refractivity contribution is -0.124. The van der Waals surface area contributed by atoms with E-state index in [0.29, 0.717) is 10.6 Å². The zero-order valence-electron chi connectivity index (χ0n) is 16.7. The number of carbonyl (C=O) groups is 1. The van der Waals surface area contributed by atoms with E-state index >= 15 is 0 Å². The maximum absolute atomic E-state index is 13.1. The molecule has 1 aliphatic carbocycles. The standard InChI is InChI=1S/C22H23N5O2S/c1-30(2,29)18-7-5-17(6-8-18)27-20(28)22(10-3-11-22)19-9-4-15(12-24-19)16-13-25-21(23)26-14-16/h4-9,12-14H,1,3,10-11H2,2H3,(H,27,28)(H2,23,25,26). The van der Waals surface area contributed by atoms with E-state index in [1.807, 2.05) is 12.1 Å². The number of hydrogen-bond acceptors (Lipinski definition) is 6. The second-order valence-corrected chi connectivity index (χ2v) is 10.2. The lowest BCUT2D eigenvalue weighted by atomic mass is 9.65. The van der Waals surface area contributed by atoms with Gasteiger partial charge in [0.15, 0.2) is 0 Å². The van der Waals surface area contributed by atoms with E-state index in [2.05, 4.69) is 26.1 Å². The van der Waals surface area contributed by atoms with E-state index in [-0.39, 0.29) is 11.9 Å². The first kappa shape index (κ1) is 20.0. The lowest BCUT2D eigenvalue weighted by Crippen LogP contribution is -2.46. The van der Waals surface area contributed by atoms with Gasteiger partial charge in [0.2, 0.25) is 11.9 Å². The molecule has 3 aromatic rings. The van der Waals surface area contributed by atoms with E-state index < -0.39 is 14.9 Å². The summed E-state index contributed by atoms with van der Waals surface area (Å²) in [5.41, 5.74) is 7.98. The molecule has 8 heteroatoms. The van der Waals surface area contributed by atoms with Crippen LogP contribution in [-0.4, -0.2) is 37.2 Å².